The van der Waals surface area contributed by atoms with E-state index in [0.717, 1.165) is 63.5 Å². The van der Waals surface area contributed by atoms with E-state index in [9.17, 15) is 9.59 Å². The zero-order valence-electron chi connectivity index (χ0n) is 54.4. The number of Topliss-reactive ketones (excluding diaryl/α,β-unsaturated/α-hetero) is 1. The van der Waals surface area contributed by atoms with Gasteiger partial charge in [0.05, 0.1) is 18.1 Å². The number of carbonyl (C=O) groups excluding carboxylic acids is 1. The number of rotatable bonds is 17. The fourth-order valence-electron chi connectivity index (χ4n) is 12.6. The first-order valence-electron chi connectivity index (χ1n) is 31.1. The number of fused-ring (bicyclic) bond motifs is 4. The molecule has 0 aliphatic heterocycles. The molecule has 0 radical (unpaired) electrons. The molecule has 0 saturated heterocycles. The Kier molecular flexibility index (Phi) is 33.3. The Balaban J connectivity index is 0.000000365. The number of hydrogen-bond acceptors (Lipinski definition) is 4. The van der Waals surface area contributed by atoms with E-state index in [1.54, 1.807) is 16.7 Å². The fourth-order valence-corrected chi connectivity index (χ4v) is 16.3. The Hall–Kier alpha value is -2.94. The molecular formula is C75H112Br3ClO5Si2. The quantitative estimate of drug-likeness (QED) is 0.0939. The second-order valence-electron chi connectivity index (χ2n) is 28.3. The monoisotopic (exact) mass is 1420 g/mol. The van der Waals surface area contributed by atoms with Gasteiger partial charge in [-0.15, -0.1) is 12.4 Å². The maximum Gasteiger partial charge on any atom is 0.306 e. The van der Waals surface area contributed by atoms with E-state index >= 15 is 0 Å². The van der Waals surface area contributed by atoms with E-state index in [1.165, 1.54) is 75.5 Å². The number of carbonyl (C=O) groups is 2. The highest BCUT2D eigenvalue weighted by Crippen LogP contribution is 2.47. The summed E-state index contributed by atoms with van der Waals surface area (Å²) < 4.78 is 16.4. The average molecular weight is 1430 g/mol. The minimum atomic E-state index is -1.52. The van der Waals surface area contributed by atoms with Crippen molar-refractivity contribution in [1.82, 2.24) is 0 Å². The Morgan fingerprint density at radius 3 is 1.49 bits per heavy atom. The third kappa shape index (κ3) is 24.4. The Labute approximate surface area is 558 Å². The van der Waals surface area contributed by atoms with Crippen LogP contribution in [0.25, 0.3) is 6.08 Å². The molecule has 5 aromatic rings. The van der Waals surface area contributed by atoms with E-state index < -0.39 is 22.6 Å². The van der Waals surface area contributed by atoms with Crippen molar-refractivity contribution in [3.05, 3.63) is 177 Å². The second-order valence-corrected chi connectivity index (χ2v) is 39.8. The van der Waals surface area contributed by atoms with Crippen LogP contribution in [0, 0.1) is 67.1 Å². The molecule has 5 nitrogen and oxygen atoms in total. The van der Waals surface area contributed by atoms with Gasteiger partial charge in [0.25, 0.3) is 0 Å². The molecule has 0 saturated carbocycles. The topological polar surface area (TPSA) is 72.8 Å². The number of aliphatic carboxylic acids is 1. The van der Waals surface area contributed by atoms with Crippen LogP contribution in [0.3, 0.4) is 0 Å². The van der Waals surface area contributed by atoms with Gasteiger partial charge in [-0.2, -0.15) is 0 Å². The number of hydrogen-bond donors (Lipinski definition) is 1. The molecule has 6 unspecified atom stereocenters. The molecule has 11 heteroatoms. The molecule has 9 rings (SSSR count). The predicted molar refractivity (Wildman–Crippen MR) is 390 cm³/mol. The van der Waals surface area contributed by atoms with Gasteiger partial charge in [0.15, 0.2) is 22.4 Å². The van der Waals surface area contributed by atoms with Crippen molar-refractivity contribution in [3.63, 3.8) is 0 Å². The lowest BCUT2D eigenvalue weighted by atomic mass is 9.91. The van der Waals surface area contributed by atoms with Crippen LogP contribution in [-0.2, 0) is 45.8 Å². The largest absolute Gasteiger partial charge is 0.481 e. The molecule has 0 amide bonds. The zero-order chi connectivity index (χ0) is 61.7. The van der Waals surface area contributed by atoms with Gasteiger partial charge >= 0.3 is 5.97 Å². The van der Waals surface area contributed by atoms with Crippen LogP contribution in [-0.4, -0.2) is 33.5 Å². The average Bonchev–Trinajstić information content (AvgIpc) is 2.02. The molecule has 4 aliphatic carbocycles. The van der Waals surface area contributed by atoms with E-state index in [4.69, 9.17) is 14.0 Å². The minimum Gasteiger partial charge on any atom is -0.481 e. The number of allylic oxidation sites excluding steroid dienone is 1. The van der Waals surface area contributed by atoms with Crippen molar-refractivity contribution in [2.24, 2.45) is 53.3 Å². The molecule has 1 N–H and O–H groups in total. The lowest BCUT2D eigenvalue weighted by Gasteiger charge is -2.29. The van der Waals surface area contributed by atoms with E-state index in [2.05, 4.69) is 231 Å². The zero-order valence-corrected chi connectivity index (χ0v) is 61.9. The molecule has 0 spiro atoms. The van der Waals surface area contributed by atoms with Gasteiger partial charge in [-0.05, 0) is 233 Å². The first kappa shape index (κ1) is 79.2. The van der Waals surface area contributed by atoms with Gasteiger partial charge in [-0.25, -0.2) is 0 Å². The number of carboxylic acids is 1. The lowest BCUT2D eigenvalue weighted by Crippen LogP contribution is -2.30. The van der Waals surface area contributed by atoms with Gasteiger partial charge in [-0.3, -0.25) is 9.59 Å². The van der Waals surface area contributed by atoms with E-state index in [1.807, 2.05) is 42.5 Å². The fraction of sp³-hybridized carbons (Fsp3) is 0.547. The highest BCUT2D eigenvalue weighted by Gasteiger charge is 2.39. The third-order valence-corrected chi connectivity index (χ3v) is 20.1. The first-order valence-corrected chi connectivity index (χ1v) is 40.3. The van der Waals surface area contributed by atoms with Crippen molar-refractivity contribution in [2.75, 3.05) is 0 Å². The van der Waals surface area contributed by atoms with Crippen LogP contribution in [0.2, 0.25) is 39.3 Å². The molecular weight excluding hydrogens is 1310 g/mol. The summed E-state index contributed by atoms with van der Waals surface area (Å²) in [4.78, 5) is 23.2. The molecule has 86 heavy (non-hydrogen) atoms. The summed E-state index contributed by atoms with van der Waals surface area (Å²) in [6, 6.07) is 33.6. The molecule has 0 bridgehead atoms. The van der Waals surface area contributed by atoms with Crippen LogP contribution in [0.5, 0.6) is 0 Å². The van der Waals surface area contributed by atoms with Crippen LogP contribution in [0.15, 0.2) is 116 Å². The van der Waals surface area contributed by atoms with Crippen molar-refractivity contribution in [3.8, 4) is 0 Å². The Morgan fingerprint density at radius 2 is 1.01 bits per heavy atom. The van der Waals surface area contributed by atoms with Crippen LogP contribution >= 0.6 is 60.2 Å². The van der Waals surface area contributed by atoms with Gasteiger partial charge in [0.2, 0.25) is 0 Å². The minimum absolute atomic E-state index is 0. The van der Waals surface area contributed by atoms with Crippen molar-refractivity contribution < 1.29 is 23.5 Å². The SMILES string of the molecule is C.C.CC(C)CC(Cc1ccccc1Br)C(=O)O.CC(C)CC1Cc2c(Br)cccc2C1=O.CC(C)CC1Cc2c(Br)cccc2C1O[Si](C)(C)C.Cc1cccc2c1CC(CC(C)C)=C2.Cc1cccc2c1CC(CC(C)C)C2O[Si](C)(C)C.Cl. The van der Waals surface area contributed by atoms with Crippen LogP contribution < -0.4 is 0 Å². The van der Waals surface area contributed by atoms with Gasteiger partial charge in [-0.1, -0.05) is 222 Å². The highest BCUT2D eigenvalue weighted by molar-refractivity contribution is 9.11. The molecule has 0 fully saturated rings. The lowest BCUT2D eigenvalue weighted by molar-refractivity contribution is -0.142. The summed E-state index contributed by atoms with van der Waals surface area (Å²) in [5, 5.41) is 9.16. The maximum atomic E-state index is 12.1. The number of aryl methyl sites for hydroxylation is 2. The number of carboxylic acid groups (broad SMARTS) is 1. The van der Waals surface area contributed by atoms with Crippen molar-refractivity contribution in [1.29, 1.82) is 0 Å². The van der Waals surface area contributed by atoms with Gasteiger partial charge < -0.3 is 14.0 Å². The number of ketones is 1. The molecule has 6 atom stereocenters. The molecule has 0 heterocycles. The third-order valence-electron chi connectivity index (χ3n) is 15.9. The van der Waals surface area contributed by atoms with Crippen LogP contribution in [0.1, 0.15) is 194 Å². The normalized spacial score (nSPS) is 18.3. The smallest absolute Gasteiger partial charge is 0.306 e. The standard InChI is InChI=1S/C17H28OSi.C16H25BrOSi.C14H18.C13H17BrO2.C13H15BrO.2CH4.ClH/c1-12(2)10-14-11-16-13(3)8-7-9-15(16)17(14)18-19(4,5)6;1-11(2)9-12-10-14-13(7-6-8-15(14)17)16(12)18-19(3,4)5;1-10(2)7-12-8-13-6-4-5-11(3)14(13)9-12;1-9(2)7-11(13(15)16)8-10-5-3-4-6-12(10)14;1-8(2)6-9-7-11-10(13(9)15)4-3-5-12(11)14;;;/h7-9,12,14,17H,10-11H2,1-6H3;6-8,11-12,16H,9-10H2,1-5H3;4-6,8,10H,7,9H2,1-3H3;3-6,9,11H,7-8H2,1-2H3,(H,15,16);3-5,8-9H,6-7H2,1-2H3;2*1H4;1H. The highest BCUT2D eigenvalue weighted by atomic mass is 79.9. The van der Waals surface area contributed by atoms with Crippen molar-refractivity contribution >= 4 is 94.7 Å². The Bertz CT molecular complexity index is 2870. The first-order chi connectivity index (χ1) is 38.8. The summed E-state index contributed by atoms with van der Waals surface area (Å²) in [6.07, 6.45) is 13.5. The molecule has 478 valence electrons. The predicted octanol–water partition coefficient (Wildman–Crippen LogP) is 23.9. The molecule has 4 aliphatic rings. The number of halogens is 4. The summed E-state index contributed by atoms with van der Waals surface area (Å²) in [5.74, 6) is 4.09. The summed E-state index contributed by atoms with van der Waals surface area (Å²) in [6.45, 7) is 40.5. The van der Waals surface area contributed by atoms with Crippen LogP contribution in [0.4, 0.5) is 0 Å². The summed E-state index contributed by atoms with van der Waals surface area (Å²) in [5.41, 5.74) is 16.6. The van der Waals surface area contributed by atoms with E-state index in [0.29, 0.717) is 48.1 Å². The molecule has 5 aromatic carbocycles. The summed E-state index contributed by atoms with van der Waals surface area (Å²) in [7, 11) is -3.02. The maximum absolute atomic E-state index is 12.1. The van der Waals surface area contributed by atoms with E-state index in [-0.39, 0.29) is 39.1 Å². The molecule has 0 aromatic heterocycles. The van der Waals surface area contributed by atoms with Crippen molar-refractivity contribution in [2.45, 2.75) is 214 Å². The van der Waals surface area contributed by atoms with Gasteiger partial charge in [0, 0.05) is 24.9 Å². The van der Waals surface area contributed by atoms with Gasteiger partial charge in [0.1, 0.15) is 0 Å². The second kappa shape index (κ2) is 36.2. The summed E-state index contributed by atoms with van der Waals surface area (Å²) >= 11 is 10.7. The number of benzene rings is 5. The Morgan fingerprint density at radius 1 is 0.547 bits per heavy atom.